The molecule has 2 heteroatoms. The van der Waals surface area contributed by atoms with E-state index in [9.17, 15) is 4.79 Å². The maximum absolute atomic E-state index is 11.6. The predicted octanol–water partition coefficient (Wildman–Crippen LogP) is 3.69. The zero-order valence-corrected chi connectivity index (χ0v) is 9.48. The molecule has 0 bridgehead atoms. The Kier molecular flexibility index (Phi) is 3.16. The Morgan fingerprint density at radius 3 is 2.57 bits per heavy atom. The second kappa shape index (κ2) is 4.22. The fourth-order valence-electron chi connectivity index (χ4n) is 3.12. The molecule has 0 N–H and O–H groups in total. The maximum atomic E-state index is 11.6. The van der Waals surface area contributed by atoms with Gasteiger partial charge in [-0.1, -0.05) is 19.3 Å². The molecule has 2 fully saturated rings. The molecule has 1 atom stereocenters. The van der Waals surface area contributed by atoms with E-state index in [1.54, 1.807) is 0 Å². The van der Waals surface area contributed by atoms with E-state index in [-0.39, 0.29) is 10.8 Å². The molecule has 0 aromatic rings. The molecule has 2 rings (SSSR count). The van der Waals surface area contributed by atoms with Gasteiger partial charge in [0.2, 0.25) is 0 Å². The topological polar surface area (TPSA) is 17.1 Å². The van der Waals surface area contributed by atoms with E-state index in [0.29, 0.717) is 5.78 Å². The largest absolute Gasteiger partial charge is 0.300 e. The van der Waals surface area contributed by atoms with Crippen LogP contribution < -0.4 is 0 Å². The highest BCUT2D eigenvalue weighted by Crippen LogP contribution is 2.47. The maximum Gasteiger partial charge on any atom is 0.133 e. The fourth-order valence-corrected chi connectivity index (χ4v) is 3.57. The van der Waals surface area contributed by atoms with Gasteiger partial charge in [0.25, 0.3) is 0 Å². The van der Waals surface area contributed by atoms with Gasteiger partial charge in [0.1, 0.15) is 5.78 Å². The van der Waals surface area contributed by atoms with E-state index in [1.807, 2.05) is 0 Å². The van der Waals surface area contributed by atoms with E-state index in [0.717, 1.165) is 25.7 Å². The van der Waals surface area contributed by atoms with Crippen molar-refractivity contribution in [1.29, 1.82) is 0 Å². The van der Waals surface area contributed by atoms with Crippen molar-refractivity contribution in [1.82, 2.24) is 0 Å². The van der Waals surface area contributed by atoms with Crippen molar-refractivity contribution in [3.05, 3.63) is 0 Å². The van der Waals surface area contributed by atoms with Crippen molar-refractivity contribution in [2.45, 2.75) is 63.2 Å². The first kappa shape index (κ1) is 10.5. The molecule has 1 nitrogen and oxygen atoms in total. The van der Waals surface area contributed by atoms with Gasteiger partial charge < -0.3 is 0 Å². The molecule has 0 amide bonds. The lowest BCUT2D eigenvalue weighted by atomic mass is 9.69. The smallest absolute Gasteiger partial charge is 0.133 e. The van der Waals surface area contributed by atoms with Crippen LogP contribution in [-0.2, 0) is 4.79 Å². The van der Waals surface area contributed by atoms with E-state index >= 15 is 0 Å². The highest BCUT2D eigenvalue weighted by Gasteiger charge is 2.41. The molecule has 80 valence electrons. The third kappa shape index (κ3) is 1.98. The molecule has 14 heavy (non-hydrogen) atoms. The average Bonchev–Trinajstić information content (AvgIpc) is 2.29. The lowest BCUT2D eigenvalue weighted by Crippen LogP contribution is -2.34. The predicted molar refractivity (Wildman–Crippen MR) is 58.6 cm³/mol. The number of carbonyl (C=O) groups is 1. The Hall–Kier alpha value is -0.0400. The number of alkyl halides is 1. The summed E-state index contributed by atoms with van der Waals surface area (Å²) in [5.74, 6) is 0.454. The fraction of sp³-hybridized carbons (Fsp3) is 0.917. The van der Waals surface area contributed by atoms with Crippen LogP contribution in [0, 0.1) is 5.41 Å². The van der Waals surface area contributed by atoms with Crippen molar-refractivity contribution >= 4 is 17.4 Å². The quantitative estimate of drug-likeness (QED) is 0.563. The number of carbonyl (C=O) groups excluding carboxylic acids is 1. The molecule has 0 aromatic heterocycles. The highest BCUT2D eigenvalue weighted by atomic mass is 35.5. The van der Waals surface area contributed by atoms with Crippen LogP contribution in [0.15, 0.2) is 0 Å². The number of halogens is 1. The Bertz CT molecular complexity index is 218. The first-order chi connectivity index (χ1) is 6.73. The summed E-state index contributed by atoms with van der Waals surface area (Å²) in [5, 5.41) is 0.259. The number of ketones is 1. The summed E-state index contributed by atoms with van der Waals surface area (Å²) >= 11 is 6.47. The minimum atomic E-state index is 0.188. The summed E-state index contributed by atoms with van der Waals surface area (Å²) in [5.41, 5.74) is 0.188. The normalized spacial score (nSPS) is 32.9. The Labute approximate surface area is 91.2 Å². The summed E-state index contributed by atoms with van der Waals surface area (Å²) < 4.78 is 0. The van der Waals surface area contributed by atoms with Gasteiger partial charge in [-0.3, -0.25) is 4.79 Å². The van der Waals surface area contributed by atoms with Gasteiger partial charge in [-0.15, -0.1) is 11.6 Å². The summed E-state index contributed by atoms with van der Waals surface area (Å²) in [6, 6.07) is 0. The lowest BCUT2D eigenvalue weighted by Gasteiger charge is -2.39. The molecule has 0 radical (unpaired) electrons. The van der Waals surface area contributed by atoms with Crippen LogP contribution in [0.1, 0.15) is 57.8 Å². The lowest BCUT2D eigenvalue weighted by molar-refractivity contribution is -0.121. The molecular weight excluding hydrogens is 196 g/mol. The highest BCUT2D eigenvalue weighted by molar-refractivity contribution is 6.21. The second-order valence-electron chi connectivity index (χ2n) is 5.00. The van der Waals surface area contributed by atoms with Gasteiger partial charge in [0, 0.05) is 18.2 Å². The van der Waals surface area contributed by atoms with Crippen molar-refractivity contribution in [3.8, 4) is 0 Å². The third-order valence-corrected chi connectivity index (χ3v) is 4.66. The van der Waals surface area contributed by atoms with Gasteiger partial charge in [0.15, 0.2) is 0 Å². The van der Waals surface area contributed by atoms with E-state index in [1.165, 1.54) is 32.1 Å². The zero-order chi connectivity index (χ0) is 10.0. The number of hydrogen-bond acceptors (Lipinski definition) is 1. The molecule has 0 heterocycles. The van der Waals surface area contributed by atoms with E-state index in [2.05, 4.69) is 0 Å². The second-order valence-corrected chi connectivity index (χ2v) is 5.53. The van der Waals surface area contributed by atoms with Crippen LogP contribution in [0.2, 0.25) is 0 Å². The molecule has 0 aliphatic heterocycles. The molecule has 2 aliphatic carbocycles. The third-order valence-electron chi connectivity index (χ3n) is 3.98. The molecule has 1 unspecified atom stereocenters. The van der Waals surface area contributed by atoms with E-state index < -0.39 is 0 Å². The number of hydrogen-bond donors (Lipinski definition) is 0. The van der Waals surface area contributed by atoms with Gasteiger partial charge in [0.05, 0.1) is 0 Å². The monoisotopic (exact) mass is 214 g/mol. The molecule has 0 aromatic carbocycles. The van der Waals surface area contributed by atoms with Crippen molar-refractivity contribution < 1.29 is 4.79 Å². The van der Waals surface area contributed by atoms with Gasteiger partial charge in [-0.25, -0.2) is 0 Å². The van der Waals surface area contributed by atoms with Crippen LogP contribution in [0.5, 0.6) is 0 Å². The summed E-state index contributed by atoms with van der Waals surface area (Å²) in [7, 11) is 0. The molecule has 2 aliphatic rings. The van der Waals surface area contributed by atoms with Crippen molar-refractivity contribution in [3.63, 3.8) is 0 Å². The Balaban J connectivity index is 2.14. The molecular formula is C12H19ClO. The van der Waals surface area contributed by atoms with Crippen LogP contribution in [0.4, 0.5) is 0 Å². The van der Waals surface area contributed by atoms with E-state index in [4.69, 9.17) is 11.6 Å². The minimum Gasteiger partial charge on any atom is -0.300 e. The van der Waals surface area contributed by atoms with Crippen LogP contribution in [0.25, 0.3) is 0 Å². The summed E-state index contributed by atoms with van der Waals surface area (Å²) in [6.07, 6.45) is 9.85. The first-order valence-corrected chi connectivity index (χ1v) is 6.32. The van der Waals surface area contributed by atoms with Gasteiger partial charge >= 0.3 is 0 Å². The van der Waals surface area contributed by atoms with Crippen molar-refractivity contribution in [2.24, 2.45) is 5.41 Å². The average molecular weight is 215 g/mol. The first-order valence-electron chi connectivity index (χ1n) is 5.89. The van der Waals surface area contributed by atoms with Crippen molar-refractivity contribution in [2.75, 3.05) is 0 Å². The number of Topliss-reactive ketones (excluding diaryl/α,β-unsaturated/α-hetero) is 1. The van der Waals surface area contributed by atoms with Gasteiger partial charge in [-0.05, 0) is 31.1 Å². The summed E-state index contributed by atoms with van der Waals surface area (Å²) in [4.78, 5) is 11.6. The van der Waals surface area contributed by atoms with Crippen LogP contribution in [-0.4, -0.2) is 11.2 Å². The standard InChI is InChI=1S/C12H19ClO/c13-11-6-4-5-10(14)9-12(11)7-2-1-3-8-12/h11H,1-9H2. The minimum absolute atomic E-state index is 0.188. The van der Waals surface area contributed by atoms with Crippen LogP contribution >= 0.6 is 11.6 Å². The van der Waals surface area contributed by atoms with Crippen LogP contribution in [0.3, 0.4) is 0 Å². The molecule has 2 saturated carbocycles. The Morgan fingerprint density at radius 1 is 1.14 bits per heavy atom. The zero-order valence-electron chi connectivity index (χ0n) is 8.73. The Morgan fingerprint density at radius 2 is 1.86 bits per heavy atom. The van der Waals surface area contributed by atoms with Gasteiger partial charge in [-0.2, -0.15) is 0 Å². The molecule has 0 saturated heterocycles. The number of rotatable bonds is 0. The molecule has 1 spiro atoms. The SMILES string of the molecule is O=C1CCCC(Cl)C2(CCCCC2)C1. The summed E-state index contributed by atoms with van der Waals surface area (Å²) in [6.45, 7) is 0.